The van der Waals surface area contributed by atoms with E-state index < -0.39 is 17.5 Å². The van der Waals surface area contributed by atoms with Crippen LogP contribution in [0.25, 0.3) is 10.8 Å². The predicted molar refractivity (Wildman–Crippen MR) is 141 cm³/mol. The molecule has 0 saturated heterocycles. The summed E-state index contributed by atoms with van der Waals surface area (Å²) in [5.74, 6) is 0.115. The summed E-state index contributed by atoms with van der Waals surface area (Å²) in [7, 11) is 1.68. The second kappa shape index (κ2) is 11.4. The summed E-state index contributed by atoms with van der Waals surface area (Å²) in [5, 5.41) is 10.5. The minimum Gasteiger partial charge on any atom is -0.444 e. The summed E-state index contributed by atoms with van der Waals surface area (Å²) in [4.78, 5) is 30.8. The molecule has 3 aromatic rings. The molecule has 2 aromatic carbocycles. The van der Waals surface area contributed by atoms with E-state index in [4.69, 9.17) is 16.3 Å². The lowest BCUT2D eigenvalue weighted by Crippen LogP contribution is -2.35. The number of hydrogen-bond donors (Lipinski definition) is 3. The van der Waals surface area contributed by atoms with Crippen LogP contribution in [0.15, 0.2) is 48.7 Å². The van der Waals surface area contributed by atoms with Crippen molar-refractivity contribution in [3.8, 4) is 0 Å². The third kappa shape index (κ3) is 6.97. The molecule has 0 aliphatic heterocycles. The van der Waals surface area contributed by atoms with Crippen molar-refractivity contribution in [3.63, 3.8) is 0 Å². The number of pyridine rings is 1. The smallest absolute Gasteiger partial charge is 0.407 e. The molecule has 10 heteroatoms. The molecule has 1 aromatic heterocycles. The highest BCUT2D eigenvalue weighted by molar-refractivity contribution is 6.31. The van der Waals surface area contributed by atoms with E-state index >= 15 is 0 Å². The maximum atomic E-state index is 13.4. The van der Waals surface area contributed by atoms with Crippen LogP contribution in [0.1, 0.15) is 39.3 Å². The van der Waals surface area contributed by atoms with Crippen LogP contribution in [0.4, 0.5) is 25.5 Å². The molecule has 3 N–H and O–H groups in total. The van der Waals surface area contributed by atoms with Gasteiger partial charge < -0.3 is 25.6 Å². The molecule has 0 spiro atoms. The number of nitrogens with zero attached hydrogens (tertiary/aromatic N) is 2. The fourth-order valence-electron chi connectivity index (χ4n) is 3.52. The number of anilines is 2. The Morgan fingerprint density at radius 3 is 2.50 bits per heavy atom. The van der Waals surface area contributed by atoms with Gasteiger partial charge in [-0.1, -0.05) is 35.9 Å². The Balaban J connectivity index is 1.69. The van der Waals surface area contributed by atoms with Gasteiger partial charge in [-0.2, -0.15) is 0 Å². The number of nitrogens with one attached hydrogen (secondary N) is 3. The van der Waals surface area contributed by atoms with E-state index in [2.05, 4.69) is 20.9 Å². The lowest BCUT2D eigenvalue weighted by Gasteiger charge is -2.27. The Kier molecular flexibility index (Phi) is 8.57. The van der Waals surface area contributed by atoms with Crippen molar-refractivity contribution >= 4 is 46.0 Å². The van der Waals surface area contributed by atoms with Gasteiger partial charge in [0.2, 0.25) is 0 Å². The number of alkyl carbamates (subject to hydrolysis) is 1. The first-order valence-corrected chi connectivity index (χ1v) is 11.9. The average Bonchev–Trinajstić information content (AvgIpc) is 2.82. The number of benzene rings is 2. The van der Waals surface area contributed by atoms with Gasteiger partial charge in [-0.3, -0.25) is 0 Å². The largest absolute Gasteiger partial charge is 0.444 e. The third-order valence-corrected chi connectivity index (χ3v) is 5.72. The number of hydrogen-bond acceptors (Lipinski definition) is 5. The molecule has 0 saturated carbocycles. The van der Waals surface area contributed by atoms with Crippen LogP contribution < -0.4 is 16.0 Å². The van der Waals surface area contributed by atoms with E-state index in [1.54, 1.807) is 18.1 Å². The van der Waals surface area contributed by atoms with Crippen molar-refractivity contribution in [2.24, 2.45) is 0 Å². The number of halogens is 2. The van der Waals surface area contributed by atoms with Crippen molar-refractivity contribution in [2.45, 2.75) is 39.3 Å². The zero-order valence-electron chi connectivity index (χ0n) is 21.0. The molecule has 0 bridgehead atoms. The van der Waals surface area contributed by atoms with Crippen molar-refractivity contribution in [1.82, 2.24) is 15.2 Å². The monoisotopic (exact) mass is 515 g/mol. The van der Waals surface area contributed by atoms with Gasteiger partial charge in [-0.25, -0.2) is 19.0 Å². The zero-order chi connectivity index (χ0) is 26.5. The Bertz CT molecular complexity index is 1250. The van der Waals surface area contributed by atoms with Crippen LogP contribution >= 0.6 is 11.6 Å². The van der Waals surface area contributed by atoms with E-state index in [1.807, 2.05) is 52.0 Å². The Labute approximate surface area is 215 Å². The number of amides is 3. The molecule has 1 heterocycles. The molecular weight excluding hydrogens is 485 g/mol. The van der Waals surface area contributed by atoms with Gasteiger partial charge in [0, 0.05) is 43.0 Å². The molecule has 0 fully saturated rings. The first kappa shape index (κ1) is 27.0. The van der Waals surface area contributed by atoms with E-state index in [0.29, 0.717) is 24.6 Å². The Morgan fingerprint density at radius 1 is 1.14 bits per heavy atom. The quantitative estimate of drug-likeness (QED) is 0.326. The number of fused-ring (bicyclic) bond motifs is 1. The van der Waals surface area contributed by atoms with Gasteiger partial charge >= 0.3 is 12.1 Å². The van der Waals surface area contributed by atoms with Gasteiger partial charge in [0.25, 0.3) is 0 Å². The van der Waals surface area contributed by atoms with Crippen LogP contribution in [0.3, 0.4) is 0 Å². The number of urea groups is 1. The summed E-state index contributed by atoms with van der Waals surface area (Å²) in [6, 6.07) is 11.1. The van der Waals surface area contributed by atoms with Gasteiger partial charge in [-0.15, -0.1) is 0 Å². The van der Waals surface area contributed by atoms with Crippen molar-refractivity contribution in [1.29, 1.82) is 0 Å². The number of ether oxygens (including phenoxy) is 1. The SMILES string of the molecule is CC(c1cnc(NCCNC(=O)OC(C)(C)C)c2ccccc12)N(C)C(=O)Nc1ccc(F)c(Cl)c1. The molecule has 0 aliphatic carbocycles. The van der Waals surface area contributed by atoms with Gasteiger partial charge in [0.05, 0.1) is 11.1 Å². The molecule has 1 atom stereocenters. The van der Waals surface area contributed by atoms with Crippen LogP contribution in [-0.2, 0) is 4.74 Å². The van der Waals surface area contributed by atoms with Gasteiger partial charge in [0.1, 0.15) is 17.2 Å². The predicted octanol–water partition coefficient (Wildman–Crippen LogP) is 6.19. The summed E-state index contributed by atoms with van der Waals surface area (Å²) < 4.78 is 18.7. The number of aromatic nitrogens is 1. The second-order valence-electron chi connectivity index (χ2n) is 9.31. The van der Waals surface area contributed by atoms with Crippen LogP contribution in [-0.4, -0.2) is 47.7 Å². The van der Waals surface area contributed by atoms with Crippen LogP contribution in [0.2, 0.25) is 5.02 Å². The first-order chi connectivity index (χ1) is 17.0. The summed E-state index contributed by atoms with van der Waals surface area (Å²) in [6.07, 6.45) is 1.25. The second-order valence-corrected chi connectivity index (χ2v) is 9.72. The number of carbonyl (C=O) groups excluding carboxylic acids is 2. The fourth-order valence-corrected chi connectivity index (χ4v) is 3.70. The normalized spacial score (nSPS) is 12.1. The molecule has 192 valence electrons. The molecule has 8 nitrogen and oxygen atoms in total. The van der Waals surface area contributed by atoms with Crippen LogP contribution in [0.5, 0.6) is 0 Å². The summed E-state index contributed by atoms with van der Waals surface area (Å²) in [5.41, 5.74) is 0.698. The molecular formula is C26H31ClFN5O3. The topological polar surface area (TPSA) is 95.6 Å². The first-order valence-electron chi connectivity index (χ1n) is 11.5. The van der Waals surface area contributed by atoms with E-state index in [0.717, 1.165) is 16.3 Å². The lowest BCUT2D eigenvalue weighted by molar-refractivity contribution is 0.0530. The van der Waals surface area contributed by atoms with Crippen molar-refractivity contribution in [2.75, 3.05) is 30.8 Å². The fraction of sp³-hybridized carbons (Fsp3) is 0.346. The lowest BCUT2D eigenvalue weighted by atomic mass is 10.0. The average molecular weight is 516 g/mol. The third-order valence-electron chi connectivity index (χ3n) is 5.43. The molecule has 3 amide bonds. The number of carbonyl (C=O) groups is 2. The van der Waals surface area contributed by atoms with Crippen molar-refractivity contribution < 1.29 is 18.7 Å². The maximum Gasteiger partial charge on any atom is 0.407 e. The maximum absolute atomic E-state index is 13.4. The molecule has 3 rings (SSSR count). The zero-order valence-corrected chi connectivity index (χ0v) is 21.7. The Morgan fingerprint density at radius 2 is 1.83 bits per heavy atom. The minimum absolute atomic E-state index is 0.0666. The van der Waals surface area contributed by atoms with Crippen molar-refractivity contribution in [3.05, 3.63) is 65.1 Å². The van der Waals surface area contributed by atoms with Gasteiger partial charge in [0.15, 0.2) is 0 Å². The van der Waals surface area contributed by atoms with Gasteiger partial charge in [-0.05, 0) is 51.3 Å². The van der Waals surface area contributed by atoms with E-state index in [1.165, 1.54) is 18.2 Å². The Hall–Kier alpha value is -3.59. The highest BCUT2D eigenvalue weighted by Crippen LogP contribution is 2.31. The minimum atomic E-state index is -0.558. The highest BCUT2D eigenvalue weighted by atomic mass is 35.5. The summed E-state index contributed by atoms with van der Waals surface area (Å²) in [6.45, 7) is 8.14. The molecule has 36 heavy (non-hydrogen) atoms. The standard InChI is InChI=1S/C26H31ClFN5O3/c1-16(33(5)24(34)32-17-10-11-22(28)21(27)14-17)20-15-31-23(19-9-7-6-8-18(19)20)29-12-13-30-25(35)36-26(2,3)4/h6-11,14-16H,12-13H2,1-5H3,(H,29,31)(H,30,35)(H,32,34). The molecule has 1 unspecified atom stereocenters. The van der Waals surface area contributed by atoms with E-state index in [9.17, 15) is 14.0 Å². The van der Waals surface area contributed by atoms with Crippen LogP contribution in [0, 0.1) is 5.82 Å². The number of rotatable bonds is 7. The molecule has 0 radical (unpaired) electrons. The molecule has 0 aliphatic rings. The summed E-state index contributed by atoms with van der Waals surface area (Å²) >= 11 is 5.82. The highest BCUT2D eigenvalue weighted by Gasteiger charge is 2.21. The van der Waals surface area contributed by atoms with E-state index in [-0.39, 0.29) is 17.1 Å².